The Morgan fingerprint density at radius 1 is 0.818 bits per heavy atom. The first kappa shape index (κ1) is 7.91. The van der Waals surface area contributed by atoms with E-state index < -0.39 is 0 Å². The fraction of sp³-hybridized carbons (Fsp3) is 1.00. The first-order valence-corrected chi connectivity index (χ1v) is 5.45. The molecule has 1 heteroatoms. The predicted octanol–water partition coefficient (Wildman–Crippen LogP) is 3.58. The highest BCUT2D eigenvalue weighted by Gasteiger charge is 2.33. The largest absolute Gasteiger partial charge is 0.123 e. The van der Waals surface area contributed by atoms with Crippen LogP contribution in [-0.4, -0.2) is 5.38 Å². The molecule has 0 heterocycles. The molecule has 0 aromatic rings. The van der Waals surface area contributed by atoms with Crippen molar-refractivity contribution in [3.05, 3.63) is 0 Å². The zero-order chi connectivity index (χ0) is 7.68. The van der Waals surface area contributed by atoms with Crippen LogP contribution in [0.5, 0.6) is 0 Å². The Kier molecular flexibility index (Phi) is 2.41. The van der Waals surface area contributed by atoms with Gasteiger partial charge in [-0.2, -0.15) is 0 Å². The number of halogens is 1. The average molecular weight is 173 g/mol. The first-order chi connectivity index (χ1) is 5.38. The molecule has 0 aromatic carbocycles. The third kappa shape index (κ3) is 1.56. The Morgan fingerprint density at radius 2 is 1.55 bits per heavy atom. The van der Waals surface area contributed by atoms with Crippen LogP contribution in [0.15, 0.2) is 0 Å². The molecule has 2 saturated carbocycles. The maximum Gasteiger partial charge on any atom is 0.0366 e. The summed E-state index contributed by atoms with van der Waals surface area (Å²) in [5.74, 6) is 1.89. The summed E-state index contributed by atoms with van der Waals surface area (Å²) >= 11 is 6.26. The van der Waals surface area contributed by atoms with E-state index in [1.54, 1.807) is 0 Å². The minimum atomic E-state index is 0.526. The third-order valence-corrected chi connectivity index (χ3v) is 4.03. The van der Waals surface area contributed by atoms with Gasteiger partial charge >= 0.3 is 0 Å². The van der Waals surface area contributed by atoms with Gasteiger partial charge in [-0.05, 0) is 24.7 Å². The van der Waals surface area contributed by atoms with Gasteiger partial charge in [0.15, 0.2) is 0 Å². The van der Waals surface area contributed by atoms with Crippen LogP contribution in [0.4, 0.5) is 0 Å². The van der Waals surface area contributed by atoms with Crippen molar-refractivity contribution in [1.29, 1.82) is 0 Å². The van der Waals surface area contributed by atoms with E-state index in [1.807, 2.05) is 0 Å². The van der Waals surface area contributed by atoms with Gasteiger partial charge in [0, 0.05) is 5.38 Å². The van der Waals surface area contributed by atoms with Crippen molar-refractivity contribution in [3.63, 3.8) is 0 Å². The normalized spacial score (nSPS) is 40.1. The van der Waals surface area contributed by atoms with Crippen LogP contribution in [-0.2, 0) is 0 Å². The van der Waals surface area contributed by atoms with Crippen molar-refractivity contribution in [2.24, 2.45) is 11.8 Å². The lowest BCUT2D eigenvalue weighted by molar-refractivity contribution is 0.351. The molecule has 0 aromatic heterocycles. The van der Waals surface area contributed by atoms with Gasteiger partial charge in [-0.25, -0.2) is 0 Å². The van der Waals surface area contributed by atoms with Crippen LogP contribution < -0.4 is 0 Å². The Bertz CT molecular complexity index is 127. The highest BCUT2D eigenvalue weighted by molar-refractivity contribution is 6.20. The number of rotatable bonds is 1. The molecule has 2 aliphatic carbocycles. The van der Waals surface area contributed by atoms with Gasteiger partial charge in [0.05, 0.1) is 0 Å². The molecule has 2 fully saturated rings. The molecule has 0 N–H and O–H groups in total. The summed E-state index contributed by atoms with van der Waals surface area (Å²) < 4.78 is 0. The molecular weight excluding hydrogens is 156 g/mol. The maximum atomic E-state index is 6.26. The molecule has 64 valence electrons. The number of hydrogen-bond donors (Lipinski definition) is 0. The van der Waals surface area contributed by atoms with E-state index in [0.29, 0.717) is 5.38 Å². The first-order valence-electron chi connectivity index (χ1n) is 5.02. The van der Waals surface area contributed by atoms with Crippen LogP contribution in [0.2, 0.25) is 0 Å². The SMILES string of the molecule is ClC1CCCC1C1CCCC1. The summed E-state index contributed by atoms with van der Waals surface area (Å²) in [6.45, 7) is 0. The molecule has 0 spiro atoms. The van der Waals surface area contributed by atoms with Crippen molar-refractivity contribution in [2.45, 2.75) is 50.3 Å². The zero-order valence-electron chi connectivity index (χ0n) is 7.06. The second kappa shape index (κ2) is 3.35. The minimum absolute atomic E-state index is 0.526. The van der Waals surface area contributed by atoms with Gasteiger partial charge in [-0.15, -0.1) is 11.6 Å². The standard InChI is InChI=1S/C10H17Cl/c11-10-7-3-6-9(10)8-4-1-2-5-8/h8-10H,1-7H2. The van der Waals surface area contributed by atoms with Gasteiger partial charge in [0.2, 0.25) is 0 Å². The van der Waals surface area contributed by atoms with Gasteiger partial charge in [0.1, 0.15) is 0 Å². The molecule has 2 rings (SSSR count). The van der Waals surface area contributed by atoms with Crippen molar-refractivity contribution in [2.75, 3.05) is 0 Å². The van der Waals surface area contributed by atoms with E-state index in [-0.39, 0.29) is 0 Å². The topological polar surface area (TPSA) is 0 Å². The molecule has 0 radical (unpaired) electrons. The fourth-order valence-corrected chi connectivity index (χ4v) is 3.35. The van der Waals surface area contributed by atoms with Crippen LogP contribution in [0, 0.1) is 11.8 Å². The molecule has 2 aliphatic rings. The van der Waals surface area contributed by atoms with Crippen LogP contribution in [0.1, 0.15) is 44.9 Å². The van der Waals surface area contributed by atoms with E-state index >= 15 is 0 Å². The van der Waals surface area contributed by atoms with Crippen LogP contribution in [0.3, 0.4) is 0 Å². The summed E-state index contributed by atoms with van der Waals surface area (Å²) in [7, 11) is 0. The summed E-state index contributed by atoms with van der Waals surface area (Å²) in [6, 6.07) is 0. The maximum absolute atomic E-state index is 6.26. The highest BCUT2D eigenvalue weighted by Crippen LogP contribution is 2.42. The van der Waals surface area contributed by atoms with E-state index in [1.165, 1.54) is 44.9 Å². The molecule has 0 nitrogen and oxygen atoms in total. The van der Waals surface area contributed by atoms with E-state index in [2.05, 4.69) is 0 Å². The van der Waals surface area contributed by atoms with E-state index in [9.17, 15) is 0 Å². The molecule has 2 unspecified atom stereocenters. The Labute approximate surface area is 74.3 Å². The fourth-order valence-electron chi connectivity index (χ4n) is 2.86. The highest BCUT2D eigenvalue weighted by atomic mass is 35.5. The third-order valence-electron chi connectivity index (χ3n) is 3.49. The van der Waals surface area contributed by atoms with Gasteiger partial charge in [-0.3, -0.25) is 0 Å². The lowest BCUT2D eigenvalue weighted by atomic mass is 9.89. The van der Waals surface area contributed by atoms with Crippen molar-refractivity contribution in [3.8, 4) is 0 Å². The molecule has 0 aliphatic heterocycles. The van der Waals surface area contributed by atoms with Crippen LogP contribution >= 0.6 is 11.6 Å². The lowest BCUT2D eigenvalue weighted by Crippen LogP contribution is -2.16. The molecule has 0 bridgehead atoms. The summed E-state index contributed by atoms with van der Waals surface area (Å²) in [5.41, 5.74) is 0. The Hall–Kier alpha value is 0.290. The molecule has 0 amide bonds. The second-order valence-corrected chi connectivity index (χ2v) is 4.72. The molecule has 0 saturated heterocycles. The van der Waals surface area contributed by atoms with Crippen molar-refractivity contribution < 1.29 is 0 Å². The van der Waals surface area contributed by atoms with Crippen LogP contribution in [0.25, 0.3) is 0 Å². The average Bonchev–Trinajstić information content (AvgIpc) is 2.55. The lowest BCUT2D eigenvalue weighted by Gasteiger charge is -2.20. The zero-order valence-corrected chi connectivity index (χ0v) is 7.82. The predicted molar refractivity (Wildman–Crippen MR) is 48.9 cm³/mol. The summed E-state index contributed by atoms with van der Waals surface area (Å²) in [4.78, 5) is 0. The summed E-state index contributed by atoms with van der Waals surface area (Å²) in [5, 5.41) is 0.526. The number of alkyl halides is 1. The van der Waals surface area contributed by atoms with Gasteiger partial charge in [-0.1, -0.05) is 32.1 Å². The van der Waals surface area contributed by atoms with Crippen molar-refractivity contribution >= 4 is 11.6 Å². The second-order valence-electron chi connectivity index (χ2n) is 4.16. The minimum Gasteiger partial charge on any atom is -0.123 e. The number of hydrogen-bond acceptors (Lipinski definition) is 0. The monoisotopic (exact) mass is 172 g/mol. The van der Waals surface area contributed by atoms with E-state index in [4.69, 9.17) is 11.6 Å². The quantitative estimate of drug-likeness (QED) is 0.531. The van der Waals surface area contributed by atoms with E-state index in [0.717, 1.165) is 11.8 Å². The molecule has 11 heavy (non-hydrogen) atoms. The Morgan fingerprint density at radius 3 is 2.09 bits per heavy atom. The van der Waals surface area contributed by atoms with Gasteiger partial charge < -0.3 is 0 Å². The smallest absolute Gasteiger partial charge is 0.0366 e. The molecule has 2 atom stereocenters. The van der Waals surface area contributed by atoms with Crippen molar-refractivity contribution in [1.82, 2.24) is 0 Å². The Balaban J connectivity index is 1.92. The summed E-state index contributed by atoms with van der Waals surface area (Å²) in [6.07, 6.45) is 9.94. The molecular formula is C10H17Cl. The van der Waals surface area contributed by atoms with Gasteiger partial charge in [0.25, 0.3) is 0 Å².